The molecule has 1 aliphatic heterocycles. The summed E-state index contributed by atoms with van der Waals surface area (Å²) in [6.45, 7) is 0. The van der Waals surface area contributed by atoms with Crippen molar-refractivity contribution in [2.24, 2.45) is 5.92 Å². The van der Waals surface area contributed by atoms with Gasteiger partial charge in [-0.15, -0.1) is 0 Å². The lowest BCUT2D eigenvalue weighted by molar-refractivity contribution is -0.119. The third-order valence-electron chi connectivity index (χ3n) is 4.90. The highest BCUT2D eigenvalue weighted by molar-refractivity contribution is 5.97. The average molecular weight is 378 g/mol. The number of nitrogens with one attached hydrogen (secondary N) is 1. The van der Waals surface area contributed by atoms with Crippen LogP contribution >= 0.6 is 0 Å². The summed E-state index contributed by atoms with van der Waals surface area (Å²) in [5.74, 6) is 0.304. The molecule has 3 aromatic rings. The summed E-state index contributed by atoms with van der Waals surface area (Å²) in [6, 6.07) is 12.5. The number of para-hydroxylation sites is 2. The van der Waals surface area contributed by atoms with Gasteiger partial charge >= 0.3 is 0 Å². The van der Waals surface area contributed by atoms with Crippen molar-refractivity contribution in [1.29, 1.82) is 5.26 Å². The minimum absolute atomic E-state index is 0.388. The first-order chi connectivity index (χ1) is 13.6. The minimum Gasteiger partial charge on any atom is -0.493 e. The molecule has 142 valence electrons. The number of methoxy groups -OCH3 is 3. The molecule has 8 nitrogen and oxygen atoms in total. The van der Waals surface area contributed by atoms with E-state index >= 15 is 0 Å². The van der Waals surface area contributed by atoms with E-state index in [9.17, 15) is 10.1 Å². The number of rotatable bonds is 4. The Morgan fingerprint density at radius 1 is 1.07 bits per heavy atom. The van der Waals surface area contributed by atoms with Crippen molar-refractivity contribution < 1.29 is 19.0 Å². The van der Waals surface area contributed by atoms with Gasteiger partial charge in [0.1, 0.15) is 0 Å². The van der Waals surface area contributed by atoms with Gasteiger partial charge in [-0.3, -0.25) is 10.1 Å². The van der Waals surface area contributed by atoms with E-state index in [1.165, 1.54) is 21.3 Å². The van der Waals surface area contributed by atoms with Crippen LogP contribution in [0, 0.1) is 17.2 Å². The van der Waals surface area contributed by atoms with Gasteiger partial charge in [-0.1, -0.05) is 12.1 Å². The molecule has 0 saturated carbocycles. The molecular weight excluding hydrogens is 360 g/mol. The summed E-state index contributed by atoms with van der Waals surface area (Å²) in [5.41, 5.74) is 2.16. The summed E-state index contributed by atoms with van der Waals surface area (Å²) in [7, 11) is 4.56. The number of hydrogen-bond donors (Lipinski definition) is 1. The molecule has 0 aliphatic carbocycles. The van der Waals surface area contributed by atoms with Crippen molar-refractivity contribution in [2.75, 3.05) is 26.6 Å². The van der Waals surface area contributed by atoms with Crippen LogP contribution in [0.25, 0.3) is 11.0 Å². The summed E-state index contributed by atoms with van der Waals surface area (Å²) in [5, 5.41) is 12.5. The van der Waals surface area contributed by atoms with Gasteiger partial charge in [0.05, 0.1) is 44.5 Å². The topological polar surface area (TPSA) is 98.4 Å². The maximum atomic E-state index is 12.6. The molecule has 0 radical (unpaired) electrons. The molecule has 2 aromatic carbocycles. The zero-order chi connectivity index (χ0) is 19.8. The molecule has 2 heterocycles. The number of anilines is 1. The summed E-state index contributed by atoms with van der Waals surface area (Å²) in [4.78, 5) is 17.1. The number of aromatic nitrogens is 2. The molecule has 8 heteroatoms. The fraction of sp³-hybridized carbons (Fsp3) is 0.250. The molecule has 0 bridgehead atoms. The molecule has 0 fully saturated rings. The van der Waals surface area contributed by atoms with Crippen LogP contribution in [-0.2, 0) is 4.79 Å². The van der Waals surface area contributed by atoms with Crippen LogP contribution in [-0.4, -0.2) is 36.8 Å². The van der Waals surface area contributed by atoms with Crippen molar-refractivity contribution in [3.63, 3.8) is 0 Å². The molecular formula is C20H18N4O4. The summed E-state index contributed by atoms with van der Waals surface area (Å²) < 4.78 is 18.3. The first-order valence-electron chi connectivity index (χ1n) is 8.60. The molecule has 2 atom stereocenters. The van der Waals surface area contributed by atoms with Crippen LogP contribution in [0.15, 0.2) is 36.4 Å². The normalized spacial score (nSPS) is 18.1. The second-order valence-corrected chi connectivity index (χ2v) is 6.26. The van der Waals surface area contributed by atoms with Crippen molar-refractivity contribution in [1.82, 2.24) is 9.55 Å². The first-order valence-corrected chi connectivity index (χ1v) is 8.60. The van der Waals surface area contributed by atoms with E-state index in [0.717, 1.165) is 11.0 Å². The number of amides is 1. The number of fused-ring (bicyclic) bond motifs is 3. The largest absolute Gasteiger partial charge is 0.493 e. The number of carbonyl (C=O) groups excluding carboxylic acids is 1. The lowest BCUT2D eigenvalue weighted by Gasteiger charge is -2.31. The first kappa shape index (κ1) is 17.7. The quantitative estimate of drug-likeness (QED) is 0.750. The predicted molar refractivity (Wildman–Crippen MR) is 102 cm³/mol. The van der Waals surface area contributed by atoms with Gasteiger partial charge in [-0.2, -0.15) is 5.26 Å². The number of benzene rings is 2. The molecule has 1 aliphatic rings. The monoisotopic (exact) mass is 378 g/mol. The molecule has 4 rings (SSSR count). The predicted octanol–water partition coefficient (Wildman–Crippen LogP) is 2.74. The van der Waals surface area contributed by atoms with E-state index in [2.05, 4.69) is 16.4 Å². The SMILES string of the molecule is COc1ccc([C@H]2[C@@H](C#N)C(=O)Nc3nc4ccccc4n32)c(OC)c1OC. The van der Waals surface area contributed by atoms with Gasteiger partial charge < -0.3 is 18.8 Å². The van der Waals surface area contributed by atoms with Crippen molar-refractivity contribution in [3.05, 3.63) is 42.0 Å². The zero-order valence-corrected chi connectivity index (χ0v) is 15.6. The lowest BCUT2D eigenvalue weighted by Crippen LogP contribution is -2.37. The molecule has 1 amide bonds. The third kappa shape index (κ3) is 2.44. The van der Waals surface area contributed by atoms with Crippen LogP contribution in [0.5, 0.6) is 17.2 Å². The summed E-state index contributed by atoms with van der Waals surface area (Å²) in [6.07, 6.45) is 0. The Hall–Kier alpha value is -3.73. The smallest absolute Gasteiger partial charge is 0.246 e. The molecule has 0 spiro atoms. The number of nitrogens with zero attached hydrogens (tertiary/aromatic N) is 3. The zero-order valence-electron chi connectivity index (χ0n) is 15.6. The Morgan fingerprint density at radius 2 is 1.82 bits per heavy atom. The Bertz CT molecular complexity index is 1120. The van der Waals surface area contributed by atoms with Gasteiger partial charge in [0.2, 0.25) is 17.6 Å². The number of ether oxygens (including phenoxy) is 3. The Morgan fingerprint density at radius 3 is 2.50 bits per heavy atom. The van der Waals surface area contributed by atoms with Crippen LogP contribution in [0.1, 0.15) is 11.6 Å². The van der Waals surface area contributed by atoms with E-state index in [4.69, 9.17) is 14.2 Å². The van der Waals surface area contributed by atoms with E-state index in [0.29, 0.717) is 28.8 Å². The maximum Gasteiger partial charge on any atom is 0.246 e. The van der Waals surface area contributed by atoms with Gasteiger partial charge in [-0.25, -0.2) is 4.98 Å². The van der Waals surface area contributed by atoms with Crippen LogP contribution in [0.4, 0.5) is 5.95 Å². The van der Waals surface area contributed by atoms with Crippen molar-refractivity contribution in [3.8, 4) is 23.3 Å². The highest BCUT2D eigenvalue weighted by atomic mass is 16.5. The van der Waals surface area contributed by atoms with E-state index in [-0.39, 0.29) is 0 Å². The van der Waals surface area contributed by atoms with Crippen LogP contribution in [0.3, 0.4) is 0 Å². The van der Waals surface area contributed by atoms with Crippen molar-refractivity contribution >= 4 is 22.9 Å². The highest BCUT2D eigenvalue weighted by Gasteiger charge is 2.41. The van der Waals surface area contributed by atoms with E-state index in [1.54, 1.807) is 12.1 Å². The molecule has 28 heavy (non-hydrogen) atoms. The molecule has 0 saturated heterocycles. The molecule has 0 unspecified atom stereocenters. The van der Waals surface area contributed by atoms with Crippen LogP contribution in [0.2, 0.25) is 0 Å². The second-order valence-electron chi connectivity index (χ2n) is 6.26. The van der Waals surface area contributed by atoms with Gasteiger partial charge in [0.25, 0.3) is 0 Å². The number of carbonyl (C=O) groups is 1. The number of nitriles is 1. The van der Waals surface area contributed by atoms with Gasteiger partial charge in [0.15, 0.2) is 17.4 Å². The van der Waals surface area contributed by atoms with E-state index < -0.39 is 17.9 Å². The van der Waals surface area contributed by atoms with Gasteiger partial charge in [0, 0.05) is 5.56 Å². The van der Waals surface area contributed by atoms with Crippen molar-refractivity contribution in [2.45, 2.75) is 6.04 Å². The average Bonchev–Trinajstić information content (AvgIpc) is 3.09. The number of imidazole rings is 1. The van der Waals surface area contributed by atoms with Gasteiger partial charge in [-0.05, 0) is 24.3 Å². The standard InChI is InChI=1S/C20H18N4O4/c1-26-15-9-8-11(17(27-2)18(15)28-3)16-12(10-21)19(25)23-20-22-13-6-4-5-7-14(13)24(16)20/h4-9,12,16H,1-3H3,(H,22,23,25)/t12-,16+/m1/s1. The highest BCUT2D eigenvalue weighted by Crippen LogP contribution is 2.47. The summed E-state index contributed by atoms with van der Waals surface area (Å²) >= 11 is 0. The number of hydrogen-bond acceptors (Lipinski definition) is 6. The Labute approximate surface area is 161 Å². The third-order valence-corrected chi connectivity index (χ3v) is 4.90. The fourth-order valence-electron chi connectivity index (χ4n) is 3.70. The van der Waals surface area contributed by atoms with E-state index in [1.807, 2.05) is 28.8 Å². The fourth-order valence-corrected chi connectivity index (χ4v) is 3.70. The minimum atomic E-state index is -0.975. The second kappa shape index (κ2) is 6.78. The maximum absolute atomic E-state index is 12.6. The lowest BCUT2D eigenvalue weighted by atomic mass is 9.90. The van der Waals surface area contributed by atoms with Crippen LogP contribution < -0.4 is 19.5 Å². The Balaban J connectivity index is 2.04. The Kier molecular flexibility index (Phi) is 4.28. The molecule has 1 aromatic heterocycles. The molecule has 1 N–H and O–H groups in total.